The zero-order valence-electron chi connectivity index (χ0n) is 15.3. The lowest BCUT2D eigenvalue weighted by Gasteiger charge is -2.16. The van der Waals surface area contributed by atoms with Crippen LogP contribution >= 0.6 is 0 Å². The van der Waals surface area contributed by atoms with E-state index >= 15 is 0 Å². The number of carbonyl (C=O) groups is 2. The lowest BCUT2D eigenvalue weighted by molar-refractivity contribution is -0.124. The molecule has 2 atom stereocenters. The Hall–Kier alpha value is -1.88. The number of hydrogen-bond donors (Lipinski definition) is 2. The summed E-state index contributed by atoms with van der Waals surface area (Å²) in [6, 6.07) is 7.06. The van der Waals surface area contributed by atoms with E-state index in [4.69, 9.17) is 4.74 Å². The highest BCUT2D eigenvalue weighted by atomic mass is 16.5. The lowest BCUT2D eigenvalue weighted by atomic mass is 9.99. The molecule has 0 aromatic heterocycles. The average Bonchev–Trinajstić information content (AvgIpc) is 3.17. The molecule has 1 saturated heterocycles. The number of carbonyl (C=O) groups excluding carboxylic acids is 2. The molecule has 5 heteroatoms. The van der Waals surface area contributed by atoms with E-state index in [-0.39, 0.29) is 17.9 Å². The summed E-state index contributed by atoms with van der Waals surface area (Å²) in [5.74, 6) is 0.287. The predicted octanol–water partition coefficient (Wildman–Crippen LogP) is 3.75. The van der Waals surface area contributed by atoms with Gasteiger partial charge in [-0.25, -0.2) is 0 Å². The zero-order valence-corrected chi connectivity index (χ0v) is 15.3. The van der Waals surface area contributed by atoms with E-state index in [0.717, 1.165) is 25.7 Å². The summed E-state index contributed by atoms with van der Waals surface area (Å²) in [5, 5.41) is 5.86. The molecule has 1 aromatic rings. The Kier molecular flexibility index (Phi) is 7.92. The summed E-state index contributed by atoms with van der Waals surface area (Å²) in [6.07, 6.45) is 5.87. The van der Waals surface area contributed by atoms with Crippen LogP contribution in [-0.4, -0.2) is 31.1 Å². The van der Waals surface area contributed by atoms with Gasteiger partial charge in [0.05, 0.1) is 0 Å². The van der Waals surface area contributed by atoms with Crippen LogP contribution in [-0.2, 0) is 9.53 Å². The third-order valence-corrected chi connectivity index (χ3v) is 4.71. The third kappa shape index (κ3) is 6.16. The van der Waals surface area contributed by atoms with E-state index in [2.05, 4.69) is 24.5 Å². The van der Waals surface area contributed by atoms with E-state index in [1.54, 1.807) is 24.3 Å². The number of anilines is 1. The van der Waals surface area contributed by atoms with Gasteiger partial charge in [-0.1, -0.05) is 39.2 Å². The Morgan fingerprint density at radius 2 is 2.16 bits per heavy atom. The molecule has 2 rings (SSSR count). The molecule has 1 aromatic carbocycles. The minimum atomic E-state index is -0.374. The zero-order chi connectivity index (χ0) is 18.1. The summed E-state index contributed by atoms with van der Waals surface area (Å²) in [5.41, 5.74) is 1.20. The van der Waals surface area contributed by atoms with Gasteiger partial charge in [0, 0.05) is 24.4 Å². The normalized spacial score (nSPS) is 17.9. The van der Waals surface area contributed by atoms with Crippen LogP contribution in [0.5, 0.6) is 0 Å². The van der Waals surface area contributed by atoms with Crippen LogP contribution in [0.2, 0.25) is 0 Å². The quantitative estimate of drug-likeness (QED) is 0.715. The lowest BCUT2D eigenvalue weighted by Crippen LogP contribution is -2.29. The maximum Gasteiger partial charge on any atom is 0.253 e. The second kappa shape index (κ2) is 10.2. The van der Waals surface area contributed by atoms with E-state index in [1.807, 2.05) is 0 Å². The van der Waals surface area contributed by atoms with Gasteiger partial charge in [-0.05, 0) is 43.4 Å². The molecule has 2 amide bonds. The number of benzene rings is 1. The summed E-state index contributed by atoms with van der Waals surface area (Å²) in [6.45, 7) is 5.68. The fraction of sp³-hybridized carbons (Fsp3) is 0.600. The number of amides is 2. The van der Waals surface area contributed by atoms with Crippen LogP contribution in [0.3, 0.4) is 0 Å². The monoisotopic (exact) mass is 346 g/mol. The molecule has 1 heterocycles. The van der Waals surface area contributed by atoms with Crippen molar-refractivity contribution in [2.45, 2.75) is 58.5 Å². The first-order valence-corrected chi connectivity index (χ1v) is 9.44. The summed E-state index contributed by atoms with van der Waals surface area (Å²) < 4.78 is 5.38. The highest BCUT2D eigenvalue weighted by Gasteiger charge is 2.23. The second-order valence-corrected chi connectivity index (χ2v) is 6.70. The number of rotatable bonds is 9. The molecule has 1 aliphatic heterocycles. The van der Waals surface area contributed by atoms with Crippen molar-refractivity contribution in [3.63, 3.8) is 0 Å². The summed E-state index contributed by atoms with van der Waals surface area (Å²) >= 11 is 0. The van der Waals surface area contributed by atoms with Crippen LogP contribution in [0.1, 0.15) is 62.7 Å². The molecule has 0 aliphatic carbocycles. The minimum absolute atomic E-state index is 0.0943. The van der Waals surface area contributed by atoms with Gasteiger partial charge < -0.3 is 15.4 Å². The number of hydrogen-bond acceptors (Lipinski definition) is 3. The molecule has 0 saturated carbocycles. The fourth-order valence-corrected chi connectivity index (χ4v) is 3.03. The van der Waals surface area contributed by atoms with Crippen molar-refractivity contribution in [3.8, 4) is 0 Å². The van der Waals surface area contributed by atoms with Gasteiger partial charge in [-0.15, -0.1) is 0 Å². The van der Waals surface area contributed by atoms with Gasteiger partial charge >= 0.3 is 0 Å². The first-order chi connectivity index (χ1) is 12.1. The molecule has 2 N–H and O–H groups in total. The highest BCUT2D eigenvalue weighted by molar-refractivity contribution is 5.98. The van der Waals surface area contributed by atoms with E-state index in [0.29, 0.717) is 30.3 Å². The van der Waals surface area contributed by atoms with Crippen LogP contribution in [0.4, 0.5) is 5.69 Å². The molecular formula is C20H30N2O3. The standard InChI is InChI=1S/C20H30N2O3/c1-3-5-8-15(4-2)14-21-19(23)16-9-6-10-17(13-16)22-20(24)18-11-7-12-25-18/h6,9-10,13,15,18H,3-5,7-8,11-12,14H2,1-2H3,(H,21,23)(H,22,24). The van der Waals surface area contributed by atoms with Gasteiger partial charge in [0.15, 0.2) is 0 Å². The van der Waals surface area contributed by atoms with Crippen molar-refractivity contribution in [3.05, 3.63) is 29.8 Å². The molecular weight excluding hydrogens is 316 g/mol. The van der Waals surface area contributed by atoms with E-state index in [1.165, 1.54) is 12.8 Å². The SMILES string of the molecule is CCCCC(CC)CNC(=O)c1cccc(NC(=O)C2CCCO2)c1. The van der Waals surface area contributed by atoms with Gasteiger partial charge in [0.1, 0.15) is 6.10 Å². The summed E-state index contributed by atoms with van der Waals surface area (Å²) in [7, 11) is 0. The molecule has 0 spiro atoms. The maximum absolute atomic E-state index is 12.4. The van der Waals surface area contributed by atoms with Crippen molar-refractivity contribution in [2.24, 2.45) is 5.92 Å². The Morgan fingerprint density at radius 3 is 2.84 bits per heavy atom. The number of nitrogens with one attached hydrogen (secondary N) is 2. The maximum atomic E-state index is 12.4. The molecule has 138 valence electrons. The molecule has 0 bridgehead atoms. The van der Waals surface area contributed by atoms with Crippen LogP contribution in [0.25, 0.3) is 0 Å². The van der Waals surface area contributed by atoms with Gasteiger partial charge in [0.25, 0.3) is 11.8 Å². The summed E-state index contributed by atoms with van der Waals surface area (Å²) in [4.78, 5) is 24.5. The Morgan fingerprint density at radius 1 is 1.32 bits per heavy atom. The molecule has 0 radical (unpaired) electrons. The Balaban J connectivity index is 1.88. The molecule has 2 unspecified atom stereocenters. The van der Waals surface area contributed by atoms with Crippen molar-refractivity contribution >= 4 is 17.5 Å². The smallest absolute Gasteiger partial charge is 0.253 e. The van der Waals surface area contributed by atoms with Crippen molar-refractivity contribution in [1.82, 2.24) is 5.32 Å². The van der Waals surface area contributed by atoms with Gasteiger partial charge in [-0.3, -0.25) is 9.59 Å². The minimum Gasteiger partial charge on any atom is -0.368 e. The molecule has 1 aliphatic rings. The van der Waals surface area contributed by atoms with E-state index < -0.39 is 0 Å². The predicted molar refractivity (Wildman–Crippen MR) is 99.7 cm³/mol. The van der Waals surface area contributed by atoms with Crippen molar-refractivity contribution in [2.75, 3.05) is 18.5 Å². The largest absolute Gasteiger partial charge is 0.368 e. The first kappa shape index (κ1) is 19.4. The number of ether oxygens (including phenoxy) is 1. The van der Waals surface area contributed by atoms with E-state index in [9.17, 15) is 9.59 Å². The molecule has 25 heavy (non-hydrogen) atoms. The molecule has 5 nitrogen and oxygen atoms in total. The number of unbranched alkanes of at least 4 members (excludes halogenated alkanes) is 1. The van der Waals surface area contributed by atoms with Crippen molar-refractivity contribution in [1.29, 1.82) is 0 Å². The third-order valence-electron chi connectivity index (χ3n) is 4.71. The van der Waals surface area contributed by atoms with Gasteiger partial charge in [0.2, 0.25) is 0 Å². The topological polar surface area (TPSA) is 67.4 Å². The second-order valence-electron chi connectivity index (χ2n) is 6.70. The fourth-order valence-electron chi connectivity index (χ4n) is 3.03. The first-order valence-electron chi connectivity index (χ1n) is 9.44. The average molecular weight is 346 g/mol. The Labute approximate surface area is 150 Å². The van der Waals surface area contributed by atoms with Crippen LogP contribution in [0.15, 0.2) is 24.3 Å². The Bertz CT molecular complexity index is 568. The molecule has 1 fully saturated rings. The van der Waals surface area contributed by atoms with Gasteiger partial charge in [-0.2, -0.15) is 0 Å². The highest BCUT2D eigenvalue weighted by Crippen LogP contribution is 2.17. The van der Waals surface area contributed by atoms with Crippen molar-refractivity contribution < 1.29 is 14.3 Å². The van der Waals surface area contributed by atoms with Crippen LogP contribution in [0, 0.1) is 5.92 Å². The van der Waals surface area contributed by atoms with Crippen LogP contribution < -0.4 is 10.6 Å².